The molecule has 2 N–H and O–H groups in total. The summed E-state index contributed by atoms with van der Waals surface area (Å²) in [5.74, 6) is 1.31. The molecule has 3 atom stereocenters. The molecular weight excluding hydrogens is 605 g/mol. The lowest BCUT2D eigenvalue weighted by Crippen LogP contribution is -2.35. The number of carbonyl (C=O) groups excluding carboxylic acids is 1. The minimum Gasteiger partial charge on any atom is -0.406 e. The van der Waals surface area contributed by atoms with Crippen LogP contribution in [0.25, 0.3) is 5.69 Å². The van der Waals surface area contributed by atoms with Gasteiger partial charge in [0.1, 0.15) is 18.3 Å². The Morgan fingerprint density at radius 1 is 1.09 bits per heavy atom. The number of aliphatic hydroxyl groups excluding tert-OH is 1. The van der Waals surface area contributed by atoms with Crippen molar-refractivity contribution in [1.29, 1.82) is 0 Å². The number of aromatic nitrogens is 3. The van der Waals surface area contributed by atoms with E-state index >= 15 is 0 Å². The summed E-state index contributed by atoms with van der Waals surface area (Å²) in [6, 6.07) is 18.6. The first-order valence-electron chi connectivity index (χ1n) is 14.4. The zero-order valence-electron chi connectivity index (χ0n) is 24.7. The van der Waals surface area contributed by atoms with Crippen LogP contribution in [0.4, 0.5) is 29.3 Å². The Hall–Kier alpha value is -4.36. The maximum atomic E-state index is 12.9. The van der Waals surface area contributed by atoms with E-state index in [1.807, 2.05) is 43.3 Å². The van der Waals surface area contributed by atoms with Gasteiger partial charge in [0.2, 0.25) is 0 Å². The maximum absolute atomic E-state index is 12.9. The smallest absolute Gasteiger partial charge is 0.406 e. The van der Waals surface area contributed by atoms with E-state index in [0.29, 0.717) is 28.1 Å². The SMILES string of the molecule is Cc1ccc(C(C)C)c(N2C(=NC(=O)Nc3ccc(C4CC4c4ncn(-c5ccc(OC(F)(F)F)cc5)n4)cc3)SCC2O)c1. The van der Waals surface area contributed by atoms with Gasteiger partial charge in [-0.15, -0.1) is 13.2 Å². The van der Waals surface area contributed by atoms with Gasteiger partial charge in [-0.25, -0.2) is 14.5 Å². The van der Waals surface area contributed by atoms with Crippen LogP contribution in [0.2, 0.25) is 0 Å². The summed E-state index contributed by atoms with van der Waals surface area (Å²) in [4.78, 5) is 23.4. The maximum Gasteiger partial charge on any atom is 0.573 e. The number of nitrogens with one attached hydrogen (secondary N) is 1. The van der Waals surface area contributed by atoms with Gasteiger partial charge >= 0.3 is 12.4 Å². The second kappa shape index (κ2) is 12.2. The number of benzene rings is 3. The van der Waals surface area contributed by atoms with Crippen molar-refractivity contribution in [3.63, 3.8) is 0 Å². The first kappa shape index (κ1) is 30.7. The number of rotatable bonds is 7. The fourth-order valence-electron chi connectivity index (χ4n) is 5.39. The quantitative estimate of drug-likeness (QED) is 0.219. The van der Waals surface area contributed by atoms with Crippen LogP contribution in [0.15, 0.2) is 78.0 Å². The summed E-state index contributed by atoms with van der Waals surface area (Å²) in [5, 5.41) is 18.6. The van der Waals surface area contributed by atoms with Crippen LogP contribution >= 0.6 is 11.8 Å². The molecule has 3 unspecified atom stereocenters. The van der Waals surface area contributed by atoms with Gasteiger partial charge in [0.25, 0.3) is 0 Å². The van der Waals surface area contributed by atoms with Crippen LogP contribution in [-0.2, 0) is 0 Å². The number of aryl methyl sites for hydroxylation is 1. The highest BCUT2D eigenvalue weighted by atomic mass is 32.2. The first-order chi connectivity index (χ1) is 21.4. The Morgan fingerprint density at radius 2 is 1.82 bits per heavy atom. The number of hydrogen-bond donors (Lipinski definition) is 2. The Balaban J connectivity index is 1.08. The highest BCUT2D eigenvalue weighted by Crippen LogP contribution is 2.53. The van der Waals surface area contributed by atoms with E-state index in [0.717, 1.165) is 28.8 Å². The number of carbonyl (C=O) groups is 1. The Labute approximate surface area is 262 Å². The van der Waals surface area contributed by atoms with Crippen molar-refractivity contribution in [2.75, 3.05) is 16.0 Å². The third-order valence-corrected chi connectivity index (χ3v) is 8.70. The molecule has 45 heavy (non-hydrogen) atoms. The molecule has 234 valence electrons. The molecule has 3 aromatic carbocycles. The third-order valence-electron chi connectivity index (χ3n) is 7.69. The van der Waals surface area contributed by atoms with Crippen LogP contribution < -0.4 is 15.0 Å². The number of aliphatic hydroxyl groups is 1. The van der Waals surface area contributed by atoms with Crippen LogP contribution in [0.1, 0.15) is 60.5 Å². The van der Waals surface area contributed by atoms with E-state index in [-0.39, 0.29) is 23.5 Å². The predicted octanol–water partition coefficient (Wildman–Crippen LogP) is 7.33. The summed E-state index contributed by atoms with van der Waals surface area (Å²) in [6.45, 7) is 6.17. The number of amidine groups is 1. The predicted molar refractivity (Wildman–Crippen MR) is 167 cm³/mol. The monoisotopic (exact) mass is 636 g/mol. The van der Waals surface area contributed by atoms with Crippen molar-refractivity contribution in [3.05, 3.63) is 95.6 Å². The first-order valence-corrected chi connectivity index (χ1v) is 15.4. The van der Waals surface area contributed by atoms with E-state index in [9.17, 15) is 23.1 Å². The molecular formula is C32H31F3N6O3S. The molecule has 1 aliphatic carbocycles. The molecule has 2 fully saturated rings. The molecule has 1 saturated carbocycles. The average molecular weight is 637 g/mol. The van der Waals surface area contributed by atoms with Gasteiger partial charge in [0.15, 0.2) is 11.0 Å². The molecule has 0 spiro atoms. The van der Waals surface area contributed by atoms with Crippen molar-refractivity contribution < 1.29 is 27.8 Å². The van der Waals surface area contributed by atoms with Crippen LogP contribution in [0.5, 0.6) is 5.75 Å². The van der Waals surface area contributed by atoms with Crippen LogP contribution in [0.3, 0.4) is 0 Å². The molecule has 1 saturated heterocycles. The minimum absolute atomic E-state index is 0.111. The minimum atomic E-state index is -4.75. The van der Waals surface area contributed by atoms with E-state index in [1.165, 1.54) is 47.0 Å². The number of urea groups is 1. The second-order valence-electron chi connectivity index (χ2n) is 11.4. The molecule has 1 aliphatic heterocycles. The number of amides is 2. The topological polar surface area (TPSA) is 105 Å². The van der Waals surface area contributed by atoms with Crippen LogP contribution in [-0.4, -0.2) is 49.4 Å². The van der Waals surface area contributed by atoms with E-state index in [4.69, 9.17) is 0 Å². The molecule has 2 amide bonds. The molecule has 0 radical (unpaired) electrons. The number of ether oxygens (including phenoxy) is 1. The van der Waals surface area contributed by atoms with Gasteiger partial charge in [0.05, 0.1) is 5.69 Å². The third kappa shape index (κ3) is 6.99. The fourth-order valence-corrected chi connectivity index (χ4v) is 6.35. The zero-order valence-corrected chi connectivity index (χ0v) is 25.5. The summed E-state index contributed by atoms with van der Waals surface area (Å²) >= 11 is 1.34. The van der Waals surface area contributed by atoms with Gasteiger partial charge in [-0.1, -0.05) is 49.9 Å². The lowest BCUT2D eigenvalue weighted by Gasteiger charge is -2.26. The van der Waals surface area contributed by atoms with Gasteiger partial charge in [-0.3, -0.25) is 4.90 Å². The second-order valence-corrected chi connectivity index (χ2v) is 12.4. The number of nitrogens with zero attached hydrogens (tertiary/aromatic N) is 5. The number of hydrogen-bond acceptors (Lipinski definition) is 6. The van der Waals surface area contributed by atoms with Crippen molar-refractivity contribution >= 4 is 34.3 Å². The van der Waals surface area contributed by atoms with Crippen molar-refractivity contribution in [1.82, 2.24) is 14.8 Å². The standard InChI is InChI=1S/C32H31F3N6O3S/c1-18(2)24-13-4-19(3)14-27(24)41-28(42)16-45-31(41)38-30(43)37-21-7-5-20(6-8-21)25-15-26(25)29-36-17-40(39-29)22-9-11-23(12-10-22)44-32(33,34)35/h4-14,17-18,25-26,28,42H,15-16H2,1-3H3,(H,37,43). The molecule has 0 bridgehead atoms. The van der Waals surface area contributed by atoms with Crippen molar-refractivity contribution in [2.45, 2.75) is 57.5 Å². The zero-order chi connectivity index (χ0) is 31.9. The lowest BCUT2D eigenvalue weighted by molar-refractivity contribution is -0.274. The lowest BCUT2D eigenvalue weighted by atomic mass is 9.98. The molecule has 13 heteroatoms. The van der Waals surface area contributed by atoms with Crippen LogP contribution in [0, 0.1) is 6.92 Å². The summed E-state index contributed by atoms with van der Waals surface area (Å²) in [6.07, 6.45) is -3.14. The van der Waals surface area contributed by atoms with Crippen molar-refractivity contribution in [2.24, 2.45) is 4.99 Å². The van der Waals surface area contributed by atoms with Gasteiger partial charge in [-0.2, -0.15) is 10.1 Å². The summed E-state index contributed by atoms with van der Waals surface area (Å²) < 4.78 is 42.7. The summed E-state index contributed by atoms with van der Waals surface area (Å²) in [7, 11) is 0. The molecule has 2 heterocycles. The highest BCUT2D eigenvalue weighted by molar-refractivity contribution is 8.14. The van der Waals surface area contributed by atoms with E-state index < -0.39 is 18.6 Å². The Bertz CT molecular complexity index is 1720. The van der Waals surface area contributed by atoms with Gasteiger partial charge in [0, 0.05) is 23.0 Å². The fraction of sp³-hybridized carbons (Fsp3) is 0.312. The number of halogens is 3. The molecule has 1 aromatic heterocycles. The van der Waals surface area contributed by atoms with Crippen molar-refractivity contribution in [3.8, 4) is 11.4 Å². The largest absolute Gasteiger partial charge is 0.573 e. The Morgan fingerprint density at radius 3 is 2.51 bits per heavy atom. The number of aliphatic imine (C=N–C) groups is 1. The highest BCUT2D eigenvalue weighted by Gasteiger charge is 2.42. The number of anilines is 2. The number of alkyl halides is 3. The van der Waals surface area contributed by atoms with E-state index in [1.54, 1.807) is 4.90 Å². The summed E-state index contributed by atoms with van der Waals surface area (Å²) in [5.41, 5.74) is 5.22. The molecule has 6 rings (SSSR count). The molecule has 9 nitrogen and oxygen atoms in total. The van der Waals surface area contributed by atoms with Gasteiger partial charge in [-0.05, 0) is 84.3 Å². The average Bonchev–Trinajstić information content (AvgIpc) is 3.47. The van der Waals surface area contributed by atoms with E-state index in [2.05, 4.69) is 45.0 Å². The molecule has 4 aromatic rings. The van der Waals surface area contributed by atoms with Gasteiger partial charge < -0.3 is 15.2 Å². The molecule has 2 aliphatic rings. The normalized spacial score (nSPS) is 20.6. The number of thioether (sulfide) groups is 1. The Kier molecular flexibility index (Phi) is 8.31.